The first-order valence-electron chi connectivity index (χ1n) is 4.39. The second kappa shape index (κ2) is 5.47. The molecule has 3 N–H and O–H groups in total. The summed E-state index contributed by atoms with van der Waals surface area (Å²) in [7, 11) is 0. The Balaban J connectivity index is 2.28. The molecule has 1 aliphatic heterocycles. The fourth-order valence-corrected chi connectivity index (χ4v) is 2.95. The van der Waals surface area contributed by atoms with E-state index in [1.54, 1.807) is 0 Å². The van der Waals surface area contributed by atoms with Gasteiger partial charge in [0.15, 0.2) is 0 Å². The number of rotatable bonds is 4. The zero-order chi connectivity index (χ0) is 8.81. The van der Waals surface area contributed by atoms with E-state index in [0.717, 1.165) is 12.8 Å². The van der Waals surface area contributed by atoms with Crippen LogP contribution in [0.15, 0.2) is 0 Å². The molecule has 3 heteroatoms. The number of nitrogens with one attached hydrogen (secondary N) is 1. The van der Waals surface area contributed by atoms with Crippen LogP contribution in [0.2, 0.25) is 0 Å². The van der Waals surface area contributed by atoms with Gasteiger partial charge in [0, 0.05) is 17.7 Å². The van der Waals surface area contributed by atoms with E-state index in [4.69, 9.17) is 12.3 Å². The first-order chi connectivity index (χ1) is 5.88. The molecule has 2 nitrogen and oxygen atoms in total. The van der Waals surface area contributed by atoms with Crippen molar-refractivity contribution >= 4 is 11.8 Å². The Bertz CT molecular complexity index is 158. The van der Waals surface area contributed by atoms with Gasteiger partial charge in [0.1, 0.15) is 0 Å². The predicted octanol–water partition coefficient (Wildman–Crippen LogP) is 1.13. The minimum atomic E-state index is 0.411. The predicted molar refractivity (Wildman–Crippen MR) is 54.7 cm³/mol. The number of terminal acetylenes is 1. The van der Waals surface area contributed by atoms with Crippen LogP contribution < -0.4 is 11.3 Å². The van der Waals surface area contributed by atoms with Crippen molar-refractivity contribution in [2.24, 2.45) is 5.84 Å². The normalized spacial score (nSPS) is 25.2. The van der Waals surface area contributed by atoms with Gasteiger partial charge in [-0.05, 0) is 25.0 Å². The van der Waals surface area contributed by atoms with Crippen molar-refractivity contribution in [1.82, 2.24) is 5.43 Å². The Hall–Kier alpha value is -0.170. The highest BCUT2D eigenvalue weighted by Crippen LogP contribution is 2.29. The highest BCUT2D eigenvalue weighted by molar-refractivity contribution is 8.00. The van der Waals surface area contributed by atoms with Crippen LogP contribution in [0.3, 0.4) is 0 Å². The summed E-state index contributed by atoms with van der Waals surface area (Å²) in [5.74, 6) is 9.39. The maximum atomic E-state index is 5.46. The third-order valence-corrected chi connectivity index (χ3v) is 3.74. The van der Waals surface area contributed by atoms with Gasteiger partial charge in [0.2, 0.25) is 0 Å². The van der Waals surface area contributed by atoms with E-state index in [9.17, 15) is 0 Å². The number of hydrogen-bond donors (Lipinski definition) is 2. The standard InChI is InChI=1S/C9H16N2S/c1-2-3-5-8(11-10)9-6-4-7-12-9/h1,8-9,11H,3-7,10H2. The van der Waals surface area contributed by atoms with E-state index in [0.29, 0.717) is 11.3 Å². The summed E-state index contributed by atoms with van der Waals surface area (Å²) in [6, 6.07) is 0.411. The van der Waals surface area contributed by atoms with Gasteiger partial charge in [-0.1, -0.05) is 0 Å². The van der Waals surface area contributed by atoms with Crippen molar-refractivity contribution < 1.29 is 0 Å². The summed E-state index contributed by atoms with van der Waals surface area (Å²) >= 11 is 2.01. The maximum absolute atomic E-state index is 5.46. The average molecular weight is 184 g/mol. The molecule has 2 unspecified atom stereocenters. The second-order valence-corrected chi connectivity index (χ2v) is 4.41. The molecular formula is C9H16N2S. The van der Waals surface area contributed by atoms with Crippen molar-refractivity contribution in [3.8, 4) is 12.3 Å². The Kier molecular flexibility index (Phi) is 4.52. The van der Waals surface area contributed by atoms with Gasteiger partial charge in [0.05, 0.1) is 0 Å². The van der Waals surface area contributed by atoms with E-state index in [2.05, 4.69) is 11.3 Å². The SMILES string of the molecule is C#CCCC(NN)C1CCCS1. The zero-order valence-electron chi connectivity index (χ0n) is 7.25. The van der Waals surface area contributed by atoms with E-state index in [1.807, 2.05) is 11.8 Å². The van der Waals surface area contributed by atoms with Crippen molar-refractivity contribution in [1.29, 1.82) is 0 Å². The van der Waals surface area contributed by atoms with Gasteiger partial charge in [-0.25, -0.2) is 0 Å². The molecule has 1 aliphatic rings. The van der Waals surface area contributed by atoms with Crippen molar-refractivity contribution in [2.45, 2.75) is 37.0 Å². The van der Waals surface area contributed by atoms with Gasteiger partial charge >= 0.3 is 0 Å². The number of hydrogen-bond acceptors (Lipinski definition) is 3. The Morgan fingerprint density at radius 3 is 3.08 bits per heavy atom. The molecular weight excluding hydrogens is 168 g/mol. The van der Waals surface area contributed by atoms with E-state index < -0.39 is 0 Å². The molecule has 1 saturated heterocycles. The molecule has 0 spiro atoms. The molecule has 2 atom stereocenters. The van der Waals surface area contributed by atoms with E-state index in [-0.39, 0.29) is 0 Å². The molecule has 68 valence electrons. The summed E-state index contributed by atoms with van der Waals surface area (Å²) in [5.41, 5.74) is 2.86. The van der Waals surface area contributed by atoms with Crippen LogP contribution in [0.25, 0.3) is 0 Å². The maximum Gasteiger partial charge on any atom is 0.0338 e. The van der Waals surface area contributed by atoms with Crippen LogP contribution in [-0.4, -0.2) is 17.0 Å². The first-order valence-corrected chi connectivity index (χ1v) is 5.44. The number of thioether (sulfide) groups is 1. The Morgan fingerprint density at radius 1 is 1.75 bits per heavy atom. The van der Waals surface area contributed by atoms with Gasteiger partial charge < -0.3 is 0 Å². The fraction of sp³-hybridized carbons (Fsp3) is 0.778. The zero-order valence-corrected chi connectivity index (χ0v) is 8.07. The molecule has 1 fully saturated rings. The monoisotopic (exact) mass is 184 g/mol. The molecule has 0 aromatic rings. The lowest BCUT2D eigenvalue weighted by molar-refractivity contribution is 0.474. The quantitative estimate of drug-likeness (QED) is 0.391. The fourth-order valence-electron chi connectivity index (χ4n) is 1.54. The smallest absolute Gasteiger partial charge is 0.0338 e. The Morgan fingerprint density at radius 2 is 2.58 bits per heavy atom. The third-order valence-electron chi connectivity index (χ3n) is 2.23. The average Bonchev–Trinajstić information content (AvgIpc) is 2.59. The first kappa shape index (κ1) is 9.91. The van der Waals surface area contributed by atoms with Crippen molar-refractivity contribution in [2.75, 3.05) is 5.75 Å². The van der Waals surface area contributed by atoms with Crippen LogP contribution in [-0.2, 0) is 0 Å². The Labute approximate surface area is 78.6 Å². The van der Waals surface area contributed by atoms with Gasteiger partial charge in [0.25, 0.3) is 0 Å². The minimum Gasteiger partial charge on any atom is -0.271 e. The lowest BCUT2D eigenvalue weighted by Gasteiger charge is -2.20. The lowest BCUT2D eigenvalue weighted by Crippen LogP contribution is -2.41. The van der Waals surface area contributed by atoms with Crippen LogP contribution in [0, 0.1) is 12.3 Å². The summed E-state index contributed by atoms with van der Waals surface area (Å²) in [6.45, 7) is 0. The van der Waals surface area contributed by atoms with Crippen LogP contribution in [0.4, 0.5) is 0 Å². The van der Waals surface area contributed by atoms with E-state index >= 15 is 0 Å². The third kappa shape index (κ3) is 2.71. The van der Waals surface area contributed by atoms with Gasteiger partial charge in [-0.15, -0.1) is 12.3 Å². The number of nitrogens with two attached hydrogens (primary N) is 1. The minimum absolute atomic E-state index is 0.411. The van der Waals surface area contributed by atoms with Crippen LogP contribution in [0.1, 0.15) is 25.7 Å². The molecule has 0 bridgehead atoms. The topological polar surface area (TPSA) is 38.0 Å². The van der Waals surface area contributed by atoms with Crippen LogP contribution in [0.5, 0.6) is 0 Å². The molecule has 0 aliphatic carbocycles. The molecule has 0 saturated carbocycles. The van der Waals surface area contributed by atoms with Crippen LogP contribution >= 0.6 is 11.8 Å². The molecule has 0 aromatic carbocycles. The molecule has 1 rings (SSSR count). The summed E-state index contributed by atoms with van der Waals surface area (Å²) in [4.78, 5) is 0. The summed E-state index contributed by atoms with van der Waals surface area (Å²) in [5, 5.41) is 0.684. The summed E-state index contributed by atoms with van der Waals surface area (Å²) < 4.78 is 0. The molecule has 1 heterocycles. The molecule has 0 aromatic heterocycles. The number of hydrazine groups is 1. The molecule has 0 radical (unpaired) electrons. The molecule has 12 heavy (non-hydrogen) atoms. The largest absolute Gasteiger partial charge is 0.271 e. The highest BCUT2D eigenvalue weighted by atomic mass is 32.2. The van der Waals surface area contributed by atoms with Crippen molar-refractivity contribution in [3.05, 3.63) is 0 Å². The highest BCUT2D eigenvalue weighted by Gasteiger charge is 2.23. The van der Waals surface area contributed by atoms with E-state index in [1.165, 1.54) is 18.6 Å². The van der Waals surface area contributed by atoms with Gasteiger partial charge in [-0.3, -0.25) is 11.3 Å². The molecule has 0 amide bonds. The summed E-state index contributed by atoms with van der Waals surface area (Å²) in [6.07, 6.45) is 9.64. The second-order valence-electron chi connectivity index (χ2n) is 3.07. The van der Waals surface area contributed by atoms with Crippen molar-refractivity contribution in [3.63, 3.8) is 0 Å². The lowest BCUT2D eigenvalue weighted by atomic mass is 10.1. The van der Waals surface area contributed by atoms with Gasteiger partial charge in [-0.2, -0.15) is 11.8 Å².